The molecule has 14 heteroatoms. The Kier molecular flexibility index (Phi) is 8.25. The smallest absolute Gasteiger partial charge is 0.304 e. The maximum absolute atomic E-state index is 13.1. The Bertz CT molecular complexity index is 1940. The van der Waals surface area contributed by atoms with Crippen LogP contribution in [0.25, 0.3) is 21.5 Å². The van der Waals surface area contributed by atoms with E-state index in [2.05, 4.69) is 20.1 Å². The Labute approximate surface area is 288 Å². The van der Waals surface area contributed by atoms with Gasteiger partial charge < -0.3 is 14.7 Å². The second-order valence-corrected chi connectivity index (χ2v) is 16.8. The first-order chi connectivity index (χ1) is 22.7. The average Bonchev–Trinajstić information content (AvgIpc) is 3.69. The molecule has 2 saturated carbocycles. The maximum Gasteiger partial charge on any atom is 0.304 e. The van der Waals surface area contributed by atoms with E-state index in [4.69, 9.17) is 32.7 Å². The molecule has 47 heavy (non-hydrogen) atoms. The molecule has 2 aromatic heterocycles. The number of piperidine rings is 2. The third kappa shape index (κ3) is 5.95. The second kappa shape index (κ2) is 12.3. The summed E-state index contributed by atoms with van der Waals surface area (Å²) in [6.45, 7) is 3.33. The van der Waals surface area contributed by atoms with Gasteiger partial charge in [0, 0.05) is 60.4 Å². The highest BCUT2D eigenvalue weighted by atomic mass is 35.5. The fourth-order valence-corrected chi connectivity index (χ4v) is 10.4. The summed E-state index contributed by atoms with van der Waals surface area (Å²) in [5, 5.41) is 10.3. The fourth-order valence-electron chi connectivity index (χ4n) is 7.44. The van der Waals surface area contributed by atoms with Crippen molar-refractivity contribution in [3.8, 4) is 11.3 Å². The number of halogens is 2. The van der Waals surface area contributed by atoms with Crippen LogP contribution in [-0.4, -0.2) is 60.0 Å². The summed E-state index contributed by atoms with van der Waals surface area (Å²) in [7, 11) is -3.88. The lowest BCUT2D eigenvalue weighted by atomic mass is 9.77. The number of anilines is 1. The van der Waals surface area contributed by atoms with Crippen LogP contribution in [0.15, 0.2) is 34.9 Å². The van der Waals surface area contributed by atoms with E-state index in [-0.39, 0.29) is 0 Å². The van der Waals surface area contributed by atoms with Crippen molar-refractivity contribution < 1.29 is 17.7 Å². The first kappa shape index (κ1) is 31.5. The highest BCUT2D eigenvalue weighted by Gasteiger charge is 2.46. The predicted octanol–water partition coefficient (Wildman–Crippen LogP) is 6.80. The Morgan fingerprint density at radius 1 is 1.06 bits per heavy atom. The van der Waals surface area contributed by atoms with Crippen LogP contribution in [0, 0.1) is 6.92 Å². The van der Waals surface area contributed by atoms with Crippen LogP contribution in [0.5, 0.6) is 0 Å². The third-order valence-corrected chi connectivity index (χ3v) is 13.2. The fraction of sp³-hybridized carbons (Fsp3) is 0.485. The summed E-state index contributed by atoms with van der Waals surface area (Å²) in [5.74, 6) is 0.739. The number of aryl methyl sites for hydroxylation is 1. The Balaban J connectivity index is 0.953. The van der Waals surface area contributed by atoms with Crippen molar-refractivity contribution >= 4 is 66.0 Å². The SMILES string of the molecule is Cc1cc2nc(N3C4CC(NCc5c(-c6c(Cl)cccc6Cl)noc5C5CC5)CC3C4)sc2cc1C(=O)NS(=O)(=O)N1CCCCC1. The number of rotatable bonds is 9. The van der Waals surface area contributed by atoms with E-state index >= 15 is 0 Å². The molecule has 3 saturated heterocycles. The average molecular weight is 716 g/mol. The van der Waals surface area contributed by atoms with Crippen LogP contribution in [0.4, 0.5) is 5.13 Å². The summed E-state index contributed by atoms with van der Waals surface area (Å²) in [6, 6.07) is 10.2. The summed E-state index contributed by atoms with van der Waals surface area (Å²) >= 11 is 14.7. The van der Waals surface area contributed by atoms with Gasteiger partial charge >= 0.3 is 10.2 Å². The van der Waals surface area contributed by atoms with Crippen LogP contribution in [0.2, 0.25) is 10.0 Å². The number of thiazole rings is 1. The molecular formula is C33H36Cl2N6O4S2. The minimum Gasteiger partial charge on any atom is -0.360 e. The largest absolute Gasteiger partial charge is 0.360 e. The molecule has 5 heterocycles. The second-order valence-electron chi connectivity index (χ2n) is 13.3. The van der Waals surface area contributed by atoms with Crippen LogP contribution in [0.3, 0.4) is 0 Å². The molecule has 0 spiro atoms. The van der Waals surface area contributed by atoms with E-state index in [1.807, 2.05) is 31.2 Å². The van der Waals surface area contributed by atoms with E-state index in [9.17, 15) is 13.2 Å². The van der Waals surface area contributed by atoms with E-state index in [0.29, 0.717) is 64.8 Å². The van der Waals surface area contributed by atoms with E-state index < -0.39 is 16.1 Å². The number of amides is 1. The van der Waals surface area contributed by atoms with Gasteiger partial charge in [0.05, 0.1) is 20.3 Å². The molecule has 9 rings (SSSR count). The van der Waals surface area contributed by atoms with Crippen molar-refractivity contribution in [2.75, 3.05) is 18.0 Å². The molecule has 248 valence electrons. The zero-order valence-electron chi connectivity index (χ0n) is 26.0. The predicted molar refractivity (Wildman–Crippen MR) is 185 cm³/mol. The summed E-state index contributed by atoms with van der Waals surface area (Å²) < 4.78 is 36.1. The third-order valence-electron chi connectivity index (χ3n) is 10.0. The van der Waals surface area contributed by atoms with Crippen LogP contribution < -0.4 is 14.9 Å². The van der Waals surface area contributed by atoms with Crippen LogP contribution in [-0.2, 0) is 16.8 Å². The van der Waals surface area contributed by atoms with Crippen LogP contribution in [0.1, 0.15) is 84.5 Å². The van der Waals surface area contributed by atoms with Crippen molar-refractivity contribution in [2.45, 2.75) is 88.9 Å². The number of nitrogens with one attached hydrogen (secondary N) is 2. The van der Waals surface area contributed by atoms with Gasteiger partial charge in [-0.2, -0.15) is 12.7 Å². The van der Waals surface area contributed by atoms with E-state index in [0.717, 1.165) is 89.3 Å². The number of hydrogen-bond donors (Lipinski definition) is 2. The topological polar surface area (TPSA) is 121 Å². The molecule has 1 amide bonds. The molecule has 2 aliphatic carbocycles. The number of nitrogens with zero attached hydrogens (tertiary/aromatic N) is 4. The van der Waals surface area contributed by atoms with Gasteiger partial charge in [0.2, 0.25) is 0 Å². The summed E-state index contributed by atoms with van der Waals surface area (Å²) in [6.07, 6.45) is 7.92. The van der Waals surface area contributed by atoms with Crippen molar-refractivity contribution in [1.29, 1.82) is 0 Å². The van der Waals surface area contributed by atoms with Gasteiger partial charge in [0.25, 0.3) is 5.91 Å². The van der Waals surface area contributed by atoms with Crippen LogP contribution >= 0.6 is 34.5 Å². The monoisotopic (exact) mass is 714 g/mol. The molecule has 10 nitrogen and oxygen atoms in total. The molecule has 2 N–H and O–H groups in total. The molecule has 5 fully saturated rings. The molecule has 2 aromatic carbocycles. The van der Waals surface area contributed by atoms with Gasteiger partial charge in [-0.25, -0.2) is 9.71 Å². The molecule has 4 aromatic rings. The van der Waals surface area contributed by atoms with E-state index in [1.165, 1.54) is 4.31 Å². The maximum atomic E-state index is 13.1. The van der Waals surface area contributed by atoms with Gasteiger partial charge in [0.15, 0.2) is 5.13 Å². The van der Waals surface area contributed by atoms with Gasteiger partial charge in [0.1, 0.15) is 11.5 Å². The van der Waals surface area contributed by atoms with Crippen molar-refractivity contribution in [1.82, 2.24) is 24.5 Å². The molecule has 5 aliphatic rings. The quantitative estimate of drug-likeness (QED) is 0.194. The number of benzene rings is 2. The number of aromatic nitrogens is 2. The Hall–Kier alpha value is -2.74. The minimum atomic E-state index is -3.88. The number of hydrogen-bond acceptors (Lipinski definition) is 9. The summed E-state index contributed by atoms with van der Waals surface area (Å²) in [4.78, 5) is 20.5. The van der Waals surface area contributed by atoms with Gasteiger partial charge in [-0.1, -0.05) is 52.2 Å². The normalized spacial score (nSPS) is 23.2. The number of fused-ring (bicyclic) bond motifs is 3. The number of carbonyl (C=O) groups is 1. The molecular weight excluding hydrogens is 679 g/mol. The minimum absolute atomic E-state index is 0.334. The highest BCUT2D eigenvalue weighted by Crippen LogP contribution is 2.47. The number of carbonyl (C=O) groups excluding carboxylic acids is 1. The Morgan fingerprint density at radius 2 is 1.79 bits per heavy atom. The Morgan fingerprint density at radius 3 is 2.49 bits per heavy atom. The lowest BCUT2D eigenvalue weighted by molar-refractivity contribution is 0.0978. The zero-order chi connectivity index (χ0) is 32.4. The molecule has 2 bridgehead atoms. The molecule has 3 aliphatic heterocycles. The van der Waals surface area contributed by atoms with Gasteiger partial charge in [-0.05, 0) is 81.7 Å². The molecule has 0 radical (unpaired) electrons. The highest BCUT2D eigenvalue weighted by molar-refractivity contribution is 7.87. The van der Waals surface area contributed by atoms with Crippen molar-refractivity contribution in [2.24, 2.45) is 0 Å². The van der Waals surface area contributed by atoms with Crippen molar-refractivity contribution in [3.63, 3.8) is 0 Å². The van der Waals surface area contributed by atoms with E-state index in [1.54, 1.807) is 17.4 Å². The lowest BCUT2D eigenvalue weighted by Gasteiger charge is -2.55. The van der Waals surface area contributed by atoms with Gasteiger partial charge in [-0.15, -0.1) is 0 Å². The molecule has 2 unspecified atom stereocenters. The molecule has 2 atom stereocenters. The summed E-state index contributed by atoms with van der Waals surface area (Å²) in [5.41, 5.74) is 4.37. The van der Waals surface area contributed by atoms with Gasteiger partial charge in [-0.3, -0.25) is 4.79 Å². The lowest BCUT2D eigenvalue weighted by Crippen LogP contribution is -2.64. The first-order valence-corrected chi connectivity index (χ1v) is 19.4. The zero-order valence-corrected chi connectivity index (χ0v) is 29.1. The first-order valence-electron chi connectivity index (χ1n) is 16.3. The standard InChI is InChI=1S/C33H36Cl2N6O4S2/c1-18-12-27-28(16-23(18)32(42)39-47(43,44)40-10-3-2-4-11-40)46-33(37-27)41-21-13-20(14-22(41)15-21)36-17-24-30(38-45-31(24)19-8-9-19)29-25(34)6-5-7-26(29)35/h5-7,12,16,19-22,36H,2-4,8-11,13-15,17H2,1H3,(H,39,42). The van der Waals surface area contributed by atoms with Crippen molar-refractivity contribution in [3.05, 3.63) is 62.8 Å².